The number of rotatable bonds is 2. The van der Waals surface area contributed by atoms with Crippen molar-refractivity contribution in [2.45, 2.75) is 25.2 Å². The van der Waals surface area contributed by atoms with Crippen molar-refractivity contribution >= 4 is 45.4 Å². The molecule has 1 aliphatic heterocycles. The van der Waals surface area contributed by atoms with Crippen LogP contribution in [-0.2, 0) is 4.79 Å². The number of nitrogens with one attached hydrogen (secondary N) is 1. The summed E-state index contributed by atoms with van der Waals surface area (Å²) in [4.78, 5) is 13.2. The zero-order valence-corrected chi connectivity index (χ0v) is 18.6. The number of hydrogen-bond acceptors (Lipinski definition) is 3. The van der Waals surface area contributed by atoms with Crippen LogP contribution < -0.4 is 5.32 Å². The number of carbonyl (C=O) groups excluding carboxylic acids is 1. The van der Waals surface area contributed by atoms with E-state index in [9.17, 15) is 4.79 Å². The number of furan rings is 1. The Kier molecular flexibility index (Phi) is 4.63. The Labute approximate surface area is 195 Å². The van der Waals surface area contributed by atoms with E-state index >= 15 is 0 Å². The summed E-state index contributed by atoms with van der Waals surface area (Å²) in [6.07, 6.45) is 2.28. The van der Waals surface area contributed by atoms with Crippen molar-refractivity contribution in [2.75, 3.05) is 5.32 Å². The van der Waals surface area contributed by atoms with E-state index < -0.39 is 0 Å². The van der Waals surface area contributed by atoms with Crippen LogP contribution in [0.25, 0.3) is 22.1 Å². The van der Waals surface area contributed by atoms with Gasteiger partial charge in [0.05, 0.1) is 10.9 Å². The minimum Gasteiger partial charge on any atom is -0.460 e. The first-order valence-corrected chi connectivity index (χ1v) is 11.5. The lowest BCUT2D eigenvalue weighted by atomic mass is 9.76. The Hall–Kier alpha value is -3.01. The number of carbonyl (C=O) groups is 1. The Morgan fingerprint density at radius 3 is 2.72 bits per heavy atom. The SMILES string of the molecule is O=C1CCCC2=C1C(c1ccc(-c3cc(Cl)ccc3Cl)o1)c1c(ccc3ccccc13)N2. The molecule has 0 saturated carbocycles. The summed E-state index contributed by atoms with van der Waals surface area (Å²) in [5.41, 5.74) is 4.67. The van der Waals surface area contributed by atoms with Crippen LogP contribution in [0.2, 0.25) is 10.0 Å². The summed E-state index contributed by atoms with van der Waals surface area (Å²) >= 11 is 12.6. The van der Waals surface area contributed by atoms with E-state index in [-0.39, 0.29) is 11.7 Å². The first-order chi connectivity index (χ1) is 15.6. The molecule has 1 aromatic heterocycles. The lowest BCUT2D eigenvalue weighted by molar-refractivity contribution is -0.116. The van der Waals surface area contributed by atoms with Gasteiger partial charge in [-0.05, 0) is 65.6 Å². The quantitative estimate of drug-likeness (QED) is 0.330. The van der Waals surface area contributed by atoms with Crippen molar-refractivity contribution in [3.05, 3.63) is 99.4 Å². The molecule has 0 spiro atoms. The fourth-order valence-electron chi connectivity index (χ4n) is 4.97. The molecule has 0 amide bonds. The third-order valence-corrected chi connectivity index (χ3v) is 6.96. The van der Waals surface area contributed by atoms with Crippen molar-refractivity contribution in [1.29, 1.82) is 0 Å². The molecule has 3 aromatic carbocycles. The van der Waals surface area contributed by atoms with Gasteiger partial charge in [-0.3, -0.25) is 4.79 Å². The van der Waals surface area contributed by atoms with Gasteiger partial charge in [0, 0.05) is 34.0 Å². The molecule has 0 fully saturated rings. The van der Waals surface area contributed by atoms with E-state index in [0.717, 1.165) is 57.5 Å². The number of benzene rings is 3. The number of Topliss-reactive ketones (excluding diaryl/α,β-unsaturated/α-hetero) is 1. The molecular weight excluding hydrogens is 441 g/mol. The van der Waals surface area contributed by atoms with E-state index in [2.05, 4.69) is 29.6 Å². The number of anilines is 1. The van der Waals surface area contributed by atoms with Crippen LogP contribution in [0.5, 0.6) is 0 Å². The van der Waals surface area contributed by atoms with Gasteiger partial charge in [-0.25, -0.2) is 0 Å². The van der Waals surface area contributed by atoms with E-state index in [1.165, 1.54) is 0 Å². The maximum absolute atomic E-state index is 13.2. The highest BCUT2D eigenvalue weighted by molar-refractivity contribution is 6.35. The molecule has 0 bridgehead atoms. The number of fused-ring (bicyclic) bond motifs is 3. The van der Waals surface area contributed by atoms with E-state index in [1.807, 2.05) is 24.3 Å². The smallest absolute Gasteiger partial charge is 0.161 e. The van der Waals surface area contributed by atoms with Crippen LogP contribution in [0.4, 0.5) is 5.69 Å². The summed E-state index contributed by atoms with van der Waals surface area (Å²) in [7, 11) is 0. The molecule has 1 unspecified atom stereocenters. The Morgan fingerprint density at radius 1 is 0.938 bits per heavy atom. The molecule has 0 radical (unpaired) electrons. The van der Waals surface area contributed by atoms with Crippen LogP contribution in [0, 0.1) is 0 Å². The van der Waals surface area contributed by atoms with Crippen LogP contribution in [0.3, 0.4) is 0 Å². The molecule has 158 valence electrons. The molecular formula is C27H19Cl2NO2. The van der Waals surface area contributed by atoms with Crippen molar-refractivity contribution in [3.8, 4) is 11.3 Å². The van der Waals surface area contributed by atoms with Crippen LogP contribution in [0.1, 0.15) is 36.5 Å². The summed E-state index contributed by atoms with van der Waals surface area (Å²) in [6.45, 7) is 0. The molecule has 1 atom stereocenters. The van der Waals surface area contributed by atoms with Gasteiger partial charge in [0.15, 0.2) is 5.78 Å². The lowest BCUT2D eigenvalue weighted by Gasteiger charge is -2.33. The number of ketones is 1. The third kappa shape index (κ3) is 3.08. The summed E-state index contributed by atoms with van der Waals surface area (Å²) in [6, 6.07) is 21.7. The molecule has 6 rings (SSSR count). The van der Waals surface area contributed by atoms with Crippen molar-refractivity contribution in [2.24, 2.45) is 0 Å². The maximum Gasteiger partial charge on any atom is 0.161 e. The lowest BCUT2D eigenvalue weighted by Crippen LogP contribution is -2.26. The van der Waals surface area contributed by atoms with E-state index in [0.29, 0.717) is 22.2 Å². The van der Waals surface area contributed by atoms with Gasteiger partial charge in [0.25, 0.3) is 0 Å². The Balaban J connectivity index is 1.58. The highest BCUT2D eigenvalue weighted by Gasteiger charge is 2.37. The highest BCUT2D eigenvalue weighted by Crippen LogP contribution is 2.49. The Morgan fingerprint density at radius 2 is 1.81 bits per heavy atom. The second kappa shape index (κ2) is 7.54. The van der Waals surface area contributed by atoms with Gasteiger partial charge in [0.2, 0.25) is 0 Å². The average Bonchev–Trinajstić information content (AvgIpc) is 3.29. The molecule has 2 heterocycles. The topological polar surface area (TPSA) is 42.2 Å². The monoisotopic (exact) mass is 459 g/mol. The Bertz CT molecular complexity index is 1430. The van der Waals surface area contributed by atoms with Gasteiger partial charge in [0.1, 0.15) is 11.5 Å². The van der Waals surface area contributed by atoms with E-state index in [1.54, 1.807) is 18.2 Å². The van der Waals surface area contributed by atoms with Crippen LogP contribution in [0.15, 0.2) is 82.4 Å². The molecule has 4 aromatic rings. The molecule has 1 N–H and O–H groups in total. The van der Waals surface area contributed by atoms with Gasteiger partial charge < -0.3 is 9.73 Å². The molecule has 3 nitrogen and oxygen atoms in total. The largest absolute Gasteiger partial charge is 0.460 e. The zero-order chi connectivity index (χ0) is 21.8. The van der Waals surface area contributed by atoms with Gasteiger partial charge in [-0.2, -0.15) is 0 Å². The van der Waals surface area contributed by atoms with Crippen LogP contribution >= 0.6 is 23.2 Å². The predicted octanol–water partition coefficient (Wildman–Crippen LogP) is 7.97. The third-order valence-electron chi connectivity index (χ3n) is 6.39. The summed E-state index contributed by atoms with van der Waals surface area (Å²) in [5.74, 6) is 1.28. The highest BCUT2D eigenvalue weighted by atomic mass is 35.5. The molecule has 0 saturated heterocycles. The minimum absolute atomic E-state index is 0.182. The van der Waals surface area contributed by atoms with Crippen molar-refractivity contribution < 1.29 is 9.21 Å². The molecule has 32 heavy (non-hydrogen) atoms. The first kappa shape index (κ1) is 19.7. The van der Waals surface area contributed by atoms with Crippen molar-refractivity contribution in [3.63, 3.8) is 0 Å². The first-order valence-electron chi connectivity index (χ1n) is 10.7. The number of hydrogen-bond donors (Lipinski definition) is 1. The maximum atomic E-state index is 13.2. The van der Waals surface area contributed by atoms with Crippen LogP contribution in [-0.4, -0.2) is 5.78 Å². The molecule has 2 aliphatic rings. The number of allylic oxidation sites excluding steroid dienone is 2. The molecule has 1 aliphatic carbocycles. The second-order valence-electron chi connectivity index (χ2n) is 8.30. The second-order valence-corrected chi connectivity index (χ2v) is 9.14. The minimum atomic E-state index is -0.271. The molecule has 5 heteroatoms. The standard InChI is InChI=1S/C27H19Cl2NO2/c28-16-9-10-19(29)18(14-16)23-12-13-24(32-23)27-25-17-5-2-1-4-15(17)8-11-21(25)30-20-6-3-7-22(31)26(20)27/h1-2,4-5,8-14,27,30H,3,6-7H2. The van der Waals surface area contributed by atoms with Gasteiger partial charge >= 0.3 is 0 Å². The average molecular weight is 460 g/mol. The summed E-state index contributed by atoms with van der Waals surface area (Å²) < 4.78 is 6.39. The number of halogens is 2. The van der Waals surface area contributed by atoms with Gasteiger partial charge in [-0.15, -0.1) is 0 Å². The predicted molar refractivity (Wildman–Crippen MR) is 129 cm³/mol. The normalized spacial score (nSPS) is 17.8. The van der Waals surface area contributed by atoms with Crippen molar-refractivity contribution in [1.82, 2.24) is 0 Å². The fraction of sp³-hybridized carbons (Fsp3) is 0.148. The fourth-order valence-corrected chi connectivity index (χ4v) is 5.36. The zero-order valence-electron chi connectivity index (χ0n) is 17.1. The van der Waals surface area contributed by atoms with Gasteiger partial charge in [-0.1, -0.05) is 53.5 Å². The van der Waals surface area contributed by atoms with E-state index in [4.69, 9.17) is 27.6 Å². The summed E-state index contributed by atoms with van der Waals surface area (Å²) in [5, 5.41) is 6.97.